The van der Waals surface area contributed by atoms with Crippen molar-refractivity contribution in [2.75, 3.05) is 0 Å². The smallest absolute Gasteiger partial charge is 0.254 e. The van der Waals surface area contributed by atoms with Gasteiger partial charge in [0.2, 0.25) is 0 Å². The third-order valence-electron chi connectivity index (χ3n) is 3.46. The number of rotatable bonds is 4. The molecule has 20 heavy (non-hydrogen) atoms. The fourth-order valence-electron chi connectivity index (χ4n) is 2.25. The number of halogens is 1. The van der Waals surface area contributed by atoms with Crippen LogP contribution in [-0.2, 0) is 6.54 Å². The van der Waals surface area contributed by atoms with Gasteiger partial charge in [0.25, 0.3) is 5.91 Å². The van der Waals surface area contributed by atoms with Gasteiger partial charge in [0.05, 0.1) is 6.54 Å². The van der Waals surface area contributed by atoms with Crippen LogP contribution in [0.1, 0.15) is 34.7 Å². The molecule has 0 spiro atoms. The van der Waals surface area contributed by atoms with Crippen molar-refractivity contribution in [2.45, 2.75) is 32.4 Å². The number of hydrogen-bond donors (Lipinski definition) is 0. The van der Waals surface area contributed by atoms with Gasteiger partial charge in [-0.25, -0.2) is 0 Å². The molecule has 104 valence electrons. The predicted molar refractivity (Wildman–Crippen MR) is 80.5 cm³/mol. The Balaban J connectivity index is 1.79. The number of carbonyl (C=O) groups excluding carboxylic acids is 1. The zero-order chi connectivity index (χ0) is 14.1. The number of furan rings is 1. The van der Waals surface area contributed by atoms with Gasteiger partial charge in [-0.1, -0.05) is 15.9 Å². The van der Waals surface area contributed by atoms with Crippen molar-refractivity contribution in [2.24, 2.45) is 0 Å². The third-order valence-corrected chi connectivity index (χ3v) is 3.99. The molecule has 0 unspecified atom stereocenters. The molecule has 1 aliphatic rings. The number of aryl methyl sites for hydroxylation is 1. The summed E-state index contributed by atoms with van der Waals surface area (Å²) in [4.78, 5) is 14.5. The summed E-state index contributed by atoms with van der Waals surface area (Å²) in [7, 11) is 0. The Bertz CT molecular complexity index is 614. The summed E-state index contributed by atoms with van der Waals surface area (Å²) < 4.78 is 6.58. The van der Waals surface area contributed by atoms with Crippen molar-refractivity contribution >= 4 is 21.8 Å². The maximum absolute atomic E-state index is 12.6. The maximum atomic E-state index is 12.6. The quantitative estimate of drug-likeness (QED) is 0.841. The first-order chi connectivity index (χ1) is 9.63. The molecular formula is C16H16BrNO2. The van der Waals surface area contributed by atoms with Crippen LogP contribution in [0, 0.1) is 6.92 Å². The minimum atomic E-state index is 0.0778. The molecule has 1 fully saturated rings. The third kappa shape index (κ3) is 2.96. The first kappa shape index (κ1) is 13.4. The highest BCUT2D eigenvalue weighted by atomic mass is 79.9. The SMILES string of the molecule is Cc1ccc(CN(C(=O)c2ccc(Br)cc2)C2CC2)o1. The molecule has 1 saturated carbocycles. The number of nitrogens with zero attached hydrogens (tertiary/aromatic N) is 1. The zero-order valence-corrected chi connectivity index (χ0v) is 12.9. The van der Waals surface area contributed by atoms with Crippen LogP contribution in [-0.4, -0.2) is 16.8 Å². The Morgan fingerprint density at radius 2 is 1.95 bits per heavy atom. The van der Waals surface area contributed by atoms with Crippen LogP contribution in [0.5, 0.6) is 0 Å². The number of amides is 1. The van der Waals surface area contributed by atoms with E-state index in [-0.39, 0.29) is 5.91 Å². The summed E-state index contributed by atoms with van der Waals surface area (Å²) in [6, 6.07) is 11.7. The van der Waals surface area contributed by atoms with E-state index >= 15 is 0 Å². The van der Waals surface area contributed by atoms with Gasteiger partial charge >= 0.3 is 0 Å². The lowest BCUT2D eigenvalue weighted by Crippen LogP contribution is -2.32. The van der Waals surface area contributed by atoms with Crippen LogP contribution < -0.4 is 0 Å². The molecule has 0 N–H and O–H groups in total. The van der Waals surface area contributed by atoms with E-state index in [1.165, 1.54) is 0 Å². The number of benzene rings is 1. The molecule has 0 atom stereocenters. The molecular weight excluding hydrogens is 318 g/mol. The standard InChI is InChI=1S/C16H16BrNO2/c1-11-2-9-15(20-11)10-18(14-7-8-14)16(19)12-3-5-13(17)6-4-12/h2-6,9,14H,7-8,10H2,1H3. The van der Waals surface area contributed by atoms with Gasteiger partial charge in [0, 0.05) is 16.1 Å². The summed E-state index contributed by atoms with van der Waals surface area (Å²) in [6.45, 7) is 2.47. The number of carbonyl (C=O) groups is 1. The van der Waals surface area contributed by atoms with Crippen LogP contribution in [0.3, 0.4) is 0 Å². The summed E-state index contributed by atoms with van der Waals surface area (Å²) in [6.07, 6.45) is 2.17. The van der Waals surface area contributed by atoms with Gasteiger partial charge in [-0.15, -0.1) is 0 Å². The van der Waals surface area contributed by atoms with Gasteiger partial charge < -0.3 is 9.32 Å². The van der Waals surface area contributed by atoms with Gasteiger partial charge in [0.15, 0.2) is 0 Å². The molecule has 0 bridgehead atoms. The molecule has 1 aliphatic carbocycles. The molecule has 1 aromatic carbocycles. The minimum absolute atomic E-state index is 0.0778. The van der Waals surface area contributed by atoms with Crippen molar-refractivity contribution < 1.29 is 9.21 Å². The average molecular weight is 334 g/mol. The van der Waals surface area contributed by atoms with E-state index in [0.29, 0.717) is 12.6 Å². The second-order valence-electron chi connectivity index (χ2n) is 5.18. The van der Waals surface area contributed by atoms with Crippen molar-refractivity contribution in [3.8, 4) is 0 Å². The molecule has 2 aromatic rings. The molecule has 1 heterocycles. The fraction of sp³-hybridized carbons (Fsp3) is 0.312. The molecule has 1 amide bonds. The van der Waals surface area contributed by atoms with Gasteiger partial charge in [-0.05, 0) is 56.2 Å². The Morgan fingerprint density at radius 3 is 2.50 bits per heavy atom. The molecule has 4 heteroatoms. The molecule has 0 saturated heterocycles. The van der Waals surface area contributed by atoms with E-state index in [0.717, 1.165) is 34.4 Å². The summed E-state index contributed by atoms with van der Waals surface area (Å²) in [5.74, 6) is 1.81. The van der Waals surface area contributed by atoms with Crippen molar-refractivity contribution in [3.63, 3.8) is 0 Å². The molecule has 3 rings (SSSR count). The lowest BCUT2D eigenvalue weighted by molar-refractivity contribution is 0.0717. The van der Waals surface area contributed by atoms with E-state index in [4.69, 9.17) is 4.42 Å². The first-order valence-electron chi connectivity index (χ1n) is 6.75. The van der Waals surface area contributed by atoms with Gasteiger partial charge in [-0.2, -0.15) is 0 Å². The number of hydrogen-bond acceptors (Lipinski definition) is 2. The summed E-state index contributed by atoms with van der Waals surface area (Å²) in [5.41, 5.74) is 0.725. The van der Waals surface area contributed by atoms with Crippen LogP contribution >= 0.6 is 15.9 Å². The Labute approximate surface area is 126 Å². The predicted octanol–water partition coefficient (Wildman–Crippen LogP) is 4.16. The highest BCUT2D eigenvalue weighted by molar-refractivity contribution is 9.10. The van der Waals surface area contributed by atoms with E-state index in [2.05, 4.69) is 15.9 Å². The largest absolute Gasteiger partial charge is 0.464 e. The molecule has 1 aromatic heterocycles. The lowest BCUT2D eigenvalue weighted by Gasteiger charge is -2.21. The van der Waals surface area contributed by atoms with Crippen LogP contribution in [0.2, 0.25) is 0 Å². The van der Waals surface area contributed by atoms with Crippen molar-refractivity contribution in [3.05, 3.63) is 58.0 Å². The molecule has 0 radical (unpaired) electrons. The zero-order valence-electron chi connectivity index (χ0n) is 11.3. The Kier molecular flexibility index (Phi) is 3.66. The summed E-state index contributed by atoms with van der Waals surface area (Å²) >= 11 is 3.39. The van der Waals surface area contributed by atoms with E-state index in [1.54, 1.807) is 0 Å². The molecule has 0 aliphatic heterocycles. The molecule has 3 nitrogen and oxygen atoms in total. The minimum Gasteiger partial charge on any atom is -0.464 e. The monoisotopic (exact) mass is 333 g/mol. The van der Waals surface area contributed by atoms with E-state index in [9.17, 15) is 4.79 Å². The Hall–Kier alpha value is -1.55. The lowest BCUT2D eigenvalue weighted by atomic mass is 10.2. The second-order valence-corrected chi connectivity index (χ2v) is 6.10. The van der Waals surface area contributed by atoms with Crippen LogP contribution in [0.15, 0.2) is 45.3 Å². The summed E-state index contributed by atoms with van der Waals surface area (Å²) in [5, 5.41) is 0. The second kappa shape index (κ2) is 5.44. The topological polar surface area (TPSA) is 33.5 Å². The Morgan fingerprint density at radius 1 is 1.25 bits per heavy atom. The fourth-order valence-corrected chi connectivity index (χ4v) is 2.51. The highest BCUT2D eigenvalue weighted by Gasteiger charge is 2.33. The first-order valence-corrected chi connectivity index (χ1v) is 7.54. The van der Waals surface area contributed by atoms with Crippen LogP contribution in [0.4, 0.5) is 0 Å². The van der Waals surface area contributed by atoms with Crippen LogP contribution in [0.25, 0.3) is 0 Å². The maximum Gasteiger partial charge on any atom is 0.254 e. The van der Waals surface area contributed by atoms with Crippen molar-refractivity contribution in [1.29, 1.82) is 0 Å². The normalized spacial score (nSPS) is 14.3. The van der Waals surface area contributed by atoms with E-state index < -0.39 is 0 Å². The average Bonchev–Trinajstić information content (AvgIpc) is 3.19. The highest BCUT2D eigenvalue weighted by Crippen LogP contribution is 2.30. The van der Waals surface area contributed by atoms with E-state index in [1.807, 2.05) is 48.2 Å². The van der Waals surface area contributed by atoms with Gasteiger partial charge in [0.1, 0.15) is 11.5 Å². The van der Waals surface area contributed by atoms with Gasteiger partial charge in [-0.3, -0.25) is 4.79 Å². The van der Waals surface area contributed by atoms with Crippen molar-refractivity contribution in [1.82, 2.24) is 4.90 Å².